The number of hydrogen-bond acceptors (Lipinski definition) is 5. The third-order valence-corrected chi connectivity index (χ3v) is 6.63. The summed E-state index contributed by atoms with van der Waals surface area (Å²) in [5, 5.41) is 0.747. The number of piperazine rings is 1. The second kappa shape index (κ2) is 9.12. The Balaban J connectivity index is 1.46. The first-order chi connectivity index (χ1) is 16.4. The number of H-pyrrole nitrogens is 1. The zero-order chi connectivity index (χ0) is 23.8. The first-order valence-corrected chi connectivity index (χ1v) is 11.7. The minimum atomic E-state index is -0.463. The number of rotatable bonds is 5. The van der Waals surface area contributed by atoms with Crippen LogP contribution in [0.2, 0.25) is 5.02 Å². The second-order valence-corrected chi connectivity index (χ2v) is 9.30. The molecule has 0 saturated carbocycles. The lowest BCUT2D eigenvalue weighted by Gasteiger charge is -2.35. The van der Waals surface area contributed by atoms with Crippen LogP contribution < -0.4 is 16.1 Å². The van der Waals surface area contributed by atoms with E-state index in [2.05, 4.69) is 45.1 Å². The number of halogens is 1. The Morgan fingerprint density at radius 2 is 1.71 bits per heavy atom. The summed E-state index contributed by atoms with van der Waals surface area (Å²) in [5.74, 6) is 0.713. The molecule has 4 aromatic rings. The van der Waals surface area contributed by atoms with Gasteiger partial charge in [0, 0.05) is 44.8 Å². The van der Waals surface area contributed by atoms with Crippen molar-refractivity contribution in [3.8, 4) is 0 Å². The standard InChI is InChI=1S/C25H27ClN6O2/c1-17-6-8-18(9-7-17)16-32-21-22(29(2)25(34)28-23(21)33)27-24(32)31-12-10-30(11-13-31)15-19-4-3-5-20(26)14-19/h3-9,14H,10-13,15-16H2,1-2H3,(H,28,33,34). The zero-order valence-corrected chi connectivity index (χ0v) is 20.0. The number of aromatic nitrogens is 4. The Kier molecular flexibility index (Phi) is 6.02. The fourth-order valence-electron chi connectivity index (χ4n) is 4.49. The molecule has 9 heteroatoms. The minimum Gasteiger partial charge on any atom is -0.340 e. The number of anilines is 1. The number of benzene rings is 2. The van der Waals surface area contributed by atoms with Crippen molar-refractivity contribution in [2.75, 3.05) is 31.1 Å². The molecule has 0 aliphatic carbocycles. The molecule has 0 amide bonds. The molecule has 34 heavy (non-hydrogen) atoms. The Labute approximate surface area is 202 Å². The van der Waals surface area contributed by atoms with Crippen LogP contribution in [0.3, 0.4) is 0 Å². The Morgan fingerprint density at radius 3 is 2.41 bits per heavy atom. The predicted octanol–water partition coefficient (Wildman–Crippen LogP) is 2.76. The molecule has 5 rings (SSSR count). The summed E-state index contributed by atoms with van der Waals surface area (Å²) in [7, 11) is 1.64. The number of nitrogens with one attached hydrogen (secondary N) is 1. The van der Waals surface area contributed by atoms with Crippen LogP contribution in [0, 0.1) is 6.92 Å². The number of nitrogens with zero attached hydrogens (tertiary/aromatic N) is 5. The van der Waals surface area contributed by atoms with Crippen LogP contribution in [0.1, 0.15) is 16.7 Å². The van der Waals surface area contributed by atoms with E-state index in [1.54, 1.807) is 7.05 Å². The predicted molar refractivity (Wildman–Crippen MR) is 135 cm³/mol. The van der Waals surface area contributed by atoms with Crippen molar-refractivity contribution in [1.29, 1.82) is 0 Å². The number of fused-ring (bicyclic) bond motifs is 1. The molecule has 0 atom stereocenters. The molecular formula is C25H27ClN6O2. The molecule has 0 radical (unpaired) electrons. The van der Waals surface area contributed by atoms with Gasteiger partial charge in [0.1, 0.15) is 0 Å². The summed E-state index contributed by atoms with van der Waals surface area (Å²) in [4.78, 5) is 36.8. The number of imidazole rings is 1. The highest BCUT2D eigenvalue weighted by Crippen LogP contribution is 2.23. The van der Waals surface area contributed by atoms with Gasteiger partial charge in [-0.1, -0.05) is 53.6 Å². The molecule has 1 N–H and O–H groups in total. The second-order valence-electron chi connectivity index (χ2n) is 8.87. The molecule has 0 unspecified atom stereocenters. The van der Waals surface area contributed by atoms with Gasteiger partial charge in [-0.05, 0) is 30.2 Å². The van der Waals surface area contributed by atoms with Crippen LogP contribution in [0.15, 0.2) is 58.1 Å². The average Bonchev–Trinajstić information content (AvgIpc) is 3.19. The Hall–Kier alpha value is -3.36. The van der Waals surface area contributed by atoms with E-state index in [1.165, 1.54) is 15.7 Å². The first kappa shape index (κ1) is 22.4. The van der Waals surface area contributed by atoms with E-state index >= 15 is 0 Å². The molecule has 0 bridgehead atoms. The van der Waals surface area contributed by atoms with Gasteiger partial charge in [0.05, 0.1) is 6.54 Å². The topological polar surface area (TPSA) is 79.2 Å². The molecule has 1 fully saturated rings. The normalized spacial score (nSPS) is 14.7. The van der Waals surface area contributed by atoms with Gasteiger partial charge in [-0.25, -0.2) is 4.79 Å². The molecule has 8 nitrogen and oxygen atoms in total. The molecule has 3 heterocycles. The quantitative estimate of drug-likeness (QED) is 0.477. The van der Waals surface area contributed by atoms with Crippen LogP contribution in [-0.4, -0.2) is 50.2 Å². The van der Waals surface area contributed by atoms with Gasteiger partial charge >= 0.3 is 5.69 Å². The van der Waals surface area contributed by atoms with Gasteiger partial charge in [0.25, 0.3) is 5.56 Å². The third kappa shape index (κ3) is 4.38. The van der Waals surface area contributed by atoms with Crippen LogP contribution in [0.25, 0.3) is 11.2 Å². The largest absolute Gasteiger partial charge is 0.340 e. The van der Waals surface area contributed by atoms with E-state index in [0.29, 0.717) is 23.7 Å². The fourth-order valence-corrected chi connectivity index (χ4v) is 4.70. The minimum absolute atomic E-state index is 0.400. The van der Waals surface area contributed by atoms with Crippen LogP contribution in [0.4, 0.5) is 5.95 Å². The zero-order valence-electron chi connectivity index (χ0n) is 19.3. The van der Waals surface area contributed by atoms with E-state index in [0.717, 1.165) is 43.3 Å². The summed E-state index contributed by atoms with van der Waals surface area (Å²) in [6.45, 7) is 6.63. The van der Waals surface area contributed by atoms with Gasteiger partial charge in [-0.2, -0.15) is 4.98 Å². The van der Waals surface area contributed by atoms with Crippen molar-refractivity contribution in [2.45, 2.75) is 20.0 Å². The molecule has 1 saturated heterocycles. The van der Waals surface area contributed by atoms with Crippen LogP contribution in [0.5, 0.6) is 0 Å². The van der Waals surface area contributed by atoms with Gasteiger partial charge < -0.3 is 4.90 Å². The van der Waals surface area contributed by atoms with Gasteiger partial charge in [-0.3, -0.25) is 23.8 Å². The van der Waals surface area contributed by atoms with Crippen molar-refractivity contribution in [2.24, 2.45) is 7.05 Å². The third-order valence-electron chi connectivity index (χ3n) is 6.40. The van der Waals surface area contributed by atoms with Crippen LogP contribution in [-0.2, 0) is 20.1 Å². The van der Waals surface area contributed by atoms with Crippen molar-refractivity contribution in [1.82, 2.24) is 24.0 Å². The molecule has 0 spiro atoms. The lowest BCUT2D eigenvalue weighted by Crippen LogP contribution is -2.46. The van der Waals surface area contributed by atoms with E-state index in [4.69, 9.17) is 16.6 Å². The van der Waals surface area contributed by atoms with Crippen molar-refractivity contribution >= 4 is 28.7 Å². The number of aromatic amines is 1. The fraction of sp³-hybridized carbons (Fsp3) is 0.320. The summed E-state index contributed by atoms with van der Waals surface area (Å²) < 4.78 is 3.34. The smallest absolute Gasteiger partial charge is 0.329 e. The molecule has 176 valence electrons. The molecule has 1 aliphatic rings. The molecule has 1 aliphatic heterocycles. The number of hydrogen-bond donors (Lipinski definition) is 1. The lowest BCUT2D eigenvalue weighted by molar-refractivity contribution is 0.248. The van der Waals surface area contributed by atoms with E-state index in [1.807, 2.05) is 29.7 Å². The average molecular weight is 479 g/mol. The molecule has 2 aromatic heterocycles. The summed E-state index contributed by atoms with van der Waals surface area (Å²) >= 11 is 6.14. The van der Waals surface area contributed by atoms with Crippen LogP contribution >= 0.6 is 11.6 Å². The molecule has 2 aromatic carbocycles. The Morgan fingerprint density at radius 1 is 0.971 bits per heavy atom. The van der Waals surface area contributed by atoms with Gasteiger partial charge in [-0.15, -0.1) is 0 Å². The monoisotopic (exact) mass is 478 g/mol. The maximum absolute atomic E-state index is 12.8. The lowest BCUT2D eigenvalue weighted by atomic mass is 10.1. The highest BCUT2D eigenvalue weighted by atomic mass is 35.5. The highest BCUT2D eigenvalue weighted by molar-refractivity contribution is 6.30. The molecular weight excluding hydrogens is 452 g/mol. The maximum Gasteiger partial charge on any atom is 0.329 e. The summed E-state index contributed by atoms with van der Waals surface area (Å²) in [5.41, 5.74) is 3.37. The van der Waals surface area contributed by atoms with E-state index < -0.39 is 11.2 Å². The SMILES string of the molecule is Cc1ccc(Cn2c(N3CCN(Cc4cccc(Cl)c4)CC3)nc3c2c(=O)[nH]c(=O)n3C)cc1. The van der Waals surface area contributed by atoms with E-state index in [9.17, 15) is 9.59 Å². The van der Waals surface area contributed by atoms with Gasteiger partial charge in [0.15, 0.2) is 11.2 Å². The highest BCUT2D eigenvalue weighted by Gasteiger charge is 2.25. The van der Waals surface area contributed by atoms with Gasteiger partial charge in [0.2, 0.25) is 5.95 Å². The van der Waals surface area contributed by atoms with Crippen molar-refractivity contribution < 1.29 is 0 Å². The van der Waals surface area contributed by atoms with Crippen molar-refractivity contribution in [3.05, 3.63) is 91.1 Å². The number of aryl methyl sites for hydroxylation is 2. The summed E-state index contributed by atoms with van der Waals surface area (Å²) in [6.07, 6.45) is 0. The maximum atomic E-state index is 12.8. The first-order valence-electron chi connectivity index (χ1n) is 11.4. The summed E-state index contributed by atoms with van der Waals surface area (Å²) in [6, 6.07) is 16.2. The van der Waals surface area contributed by atoms with E-state index in [-0.39, 0.29) is 0 Å². The Bertz CT molecular complexity index is 1450. The van der Waals surface area contributed by atoms with Crippen molar-refractivity contribution in [3.63, 3.8) is 0 Å².